The summed E-state index contributed by atoms with van der Waals surface area (Å²) in [6.07, 6.45) is 8.14. The molecular formula is C11H15N3O. The van der Waals surface area contributed by atoms with Crippen molar-refractivity contribution >= 4 is 5.71 Å². The van der Waals surface area contributed by atoms with Gasteiger partial charge < -0.3 is 10.3 Å². The molecule has 80 valence electrons. The molecule has 0 aromatic heterocycles. The van der Waals surface area contributed by atoms with Gasteiger partial charge in [0.05, 0.1) is 19.2 Å². The predicted octanol–water partition coefficient (Wildman–Crippen LogP) is 1.22. The maximum Gasteiger partial charge on any atom is 0.318 e. The van der Waals surface area contributed by atoms with Gasteiger partial charge >= 0.3 is 5.71 Å². The van der Waals surface area contributed by atoms with Gasteiger partial charge in [0.15, 0.2) is 0 Å². The van der Waals surface area contributed by atoms with Gasteiger partial charge in [0, 0.05) is 6.08 Å². The van der Waals surface area contributed by atoms with Gasteiger partial charge in [-0.1, -0.05) is 6.08 Å². The lowest BCUT2D eigenvalue weighted by molar-refractivity contribution is -0.00224. The van der Waals surface area contributed by atoms with Crippen LogP contribution in [0.25, 0.3) is 5.53 Å². The van der Waals surface area contributed by atoms with Crippen LogP contribution in [-0.4, -0.2) is 41.6 Å². The minimum Gasteiger partial charge on any atom is -0.499 e. The van der Waals surface area contributed by atoms with Crippen LogP contribution < -0.4 is 0 Å². The Kier molecular flexibility index (Phi) is 2.99. The van der Waals surface area contributed by atoms with Crippen LogP contribution in [0.15, 0.2) is 24.0 Å². The zero-order valence-electron chi connectivity index (χ0n) is 8.89. The first-order valence-corrected chi connectivity index (χ1v) is 5.25. The van der Waals surface area contributed by atoms with E-state index in [1.54, 1.807) is 13.2 Å². The Bertz CT molecular complexity index is 347. The van der Waals surface area contributed by atoms with E-state index in [0.29, 0.717) is 5.71 Å². The average Bonchev–Trinajstić information content (AvgIpc) is 2.81. The second-order valence-electron chi connectivity index (χ2n) is 3.82. The van der Waals surface area contributed by atoms with Crippen molar-refractivity contribution in [2.45, 2.75) is 18.9 Å². The predicted molar refractivity (Wildman–Crippen MR) is 57.5 cm³/mol. The molecule has 1 unspecified atom stereocenters. The van der Waals surface area contributed by atoms with E-state index in [0.717, 1.165) is 18.8 Å². The van der Waals surface area contributed by atoms with E-state index >= 15 is 0 Å². The first kappa shape index (κ1) is 10.1. The molecule has 1 aliphatic heterocycles. The van der Waals surface area contributed by atoms with Crippen LogP contribution in [0.4, 0.5) is 0 Å². The van der Waals surface area contributed by atoms with Gasteiger partial charge in [-0.2, -0.15) is 4.79 Å². The lowest BCUT2D eigenvalue weighted by atomic mass is 10.1. The Labute approximate surface area is 89.5 Å². The molecule has 15 heavy (non-hydrogen) atoms. The molecule has 4 nitrogen and oxygen atoms in total. The normalized spacial score (nSPS) is 26.3. The molecule has 0 N–H and O–H groups in total. The molecule has 1 atom stereocenters. The van der Waals surface area contributed by atoms with Crippen molar-refractivity contribution in [1.82, 2.24) is 4.90 Å². The van der Waals surface area contributed by atoms with Crippen LogP contribution in [0.5, 0.6) is 0 Å². The molecule has 0 amide bonds. The Balaban J connectivity index is 2.19. The number of hydrogen-bond donors (Lipinski definition) is 0. The molecule has 0 radical (unpaired) electrons. The summed E-state index contributed by atoms with van der Waals surface area (Å²) in [6, 6.07) is 0.211. The molecule has 4 heteroatoms. The van der Waals surface area contributed by atoms with Gasteiger partial charge in [-0.05, 0) is 25.9 Å². The van der Waals surface area contributed by atoms with E-state index in [2.05, 4.69) is 9.69 Å². The number of ether oxygens (including phenoxy) is 1. The van der Waals surface area contributed by atoms with Gasteiger partial charge in [-0.25, -0.2) is 0 Å². The topological polar surface area (TPSA) is 48.9 Å². The number of allylic oxidation sites excluding steroid dienone is 2. The first-order valence-electron chi connectivity index (χ1n) is 5.25. The van der Waals surface area contributed by atoms with E-state index in [4.69, 9.17) is 10.3 Å². The van der Waals surface area contributed by atoms with Crippen LogP contribution in [0, 0.1) is 0 Å². The summed E-state index contributed by atoms with van der Waals surface area (Å²) < 4.78 is 5.32. The van der Waals surface area contributed by atoms with Gasteiger partial charge in [-0.15, -0.1) is 0 Å². The molecule has 1 saturated heterocycles. The largest absolute Gasteiger partial charge is 0.499 e. The van der Waals surface area contributed by atoms with Crippen molar-refractivity contribution in [3.05, 3.63) is 29.5 Å². The zero-order valence-corrected chi connectivity index (χ0v) is 8.89. The summed E-state index contributed by atoms with van der Waals surface area (Å²) in [5.74, 6) is 0.854. The zero-order chi connectivity index (χ0) is 10.7. The fourth-order valence-corrected chi connectivity index (χ4v) is 2.13. The number of likely N-dealkylation sites (tertiary alicyclic amines) is 1. The van der Waals surface area contributed by atoms with Crippen LogP contribution >= 0.6 is 0 Å². The summed E-state index contributed by atoms with van der Waals surface area (Å²) in [5.41, 5.74) is 9.22. The molecule has 0 bridgehead atoms. The molecule has 0 saturated carbocycles. The van der Waals surface area contributed by atoms with Crippen LogP contribution in [0.3, 0.4) is 0 Å². The van der Waals surface area contributed by atoms with E-state index in [9.17, 15) is 0 Å². The summed E-state index contributed by atoms with van der Waals surface area (Å²) in [4.78, 5) is 5.54. The van der Waals surface area contributed by atoms with Gasteiger partial charge in [-0.3, -0.25) is 4.90 Å². The number of hydrogen-bond acceptors (Lipinski definition) is 2. The highest BCUT2D eigenvalue weighted by Gasteiger charge is 2.27. The second kappa shape index (κ2) is 4.43. The van der Waals surface area contributed by atoms with Crippen molar-refractivity contribution in [2.75, 3.05) is 20.2 Å². The SMILES string of the molecule is COC1=CC(=[N+]=[N-])C=CC1N1CCCC1. The molecular weight excluding hydrogens is 190 g/mol. The molecule has 0 aromatic carbocycles. The van der Waals surface area contributed by atoms with Gasteiger partial charge in [0.25, 0.3) is 0 Å². The molecule has 2 rings (SSSR count). The van der Waals surface area contributed by atoms with E-state index in [1.807, 2.05) is 12.2 Å². The Morgan fingerprint density at radius 2 is 2.20 bits per heavy atom. The highest BCUT2D eigenvalue weighted by atomic mass is 16.5. The molecule has 1 aliphatic carbocycles. The monoisotopic (exact) mass is 205 g/mol. The van der Waals surface area contributed by atoms with E-state index in [-0.39, 0.29) is 6.04 Å². The summed E-state index contributed by atoms with van der Waals surface area (Å²) in [6.45, 7) is 2.22. The van der Waals surface area contributed by atoms with Crippen LogP contribution in [-0.2, 0) is 4.74 Å². The highest BCUT2D eigenvalue weighted by Crippen LogP contribution is 2.21. The first-order chi connectivity index (χ1) is 7.35. The minimum absolute atomic E-state index is 0.211. The molecule has 0 aromatic rings. The Morgan fingerprint density at radius 1 is 1.47 bits per heavy atom. The van der Waals surface area contributed by atoms with Crippen LogP contribution in [0.2, 0.25) is 0 Å². The van der Waals surface area contributed by atoms with Crippen molar-refractivity contribution in [3.8, 4) is 0 Å². The number of methoxy groups -OCH3 is 1. The lowest BCUT2D eigenvalue weighted by Gasteiger charge is -2.26. The molecule has 1 heterocycles. The maximum absolute atomic E-state index is 8.68. The number of rotatable bonds is 2. The fraction of sp³-hybridized carbons (Fsp3) is 0.545. The quantitative estimate of drug-likeness (QED) is 0.502. The summed E-state index contributed by atoms with van der Waals surface area (Å²) in [7, 11) is 1.66. The maximum atomic E-state index is 8.68. The van der Waals surface area contributed by atoms with Gasteiger partial charge in [0.2, 0.25) is 0 Å². The third kappa shape index (κ3) is 2.01. The average molecular weight is 205 g/mol. The van der Waals surface area contributed by atoms with E-state index < -0.39 is 0 Å². The third-order valence-electron chi connectivity index (χ3n) is 2.92. The van der Waals surface area contributed by atoms with Gasteiger partial charge in [0.1, 0.15) is 5.76 Å². The summed E-state index contributed by atoms with van der Waals surface area (Å²) >= 11 is 0. The highest BCUT2D eigenvalue weighted by molar-refractivity contribution is 6.01. The standard InChI is InChI=1S/C11H15N3O/c1-15-11-8-9(13-12)4-5-10(11)14-6-2-3-7-14/h4-5,8,10H,2-3,6-7H2,1H3. The van der Waals surface area contributed by atoms with E-state index in [1.165, 1.54) is 12.8 Å². The minimum atomic E-state index is 0.211. The number of nitrogens with zero attached hydrogens (tertiary/aromatic N) is 3. The van der Waals surface area contributed by atoms with Crippen molar-refractivity contribution in [1.29, 1.82) is 0 Å². The molecule has 1 fully saturated rings. The van der Waals surface area contributed by atoms with Crippen molar-refractivity contribution in [3.63, 3.8) is 0 Å². The molecule has 2 aliphatic rings. The lowest BCUT2D eigenvalue weighted by Crippen LogP contribution is -2.35. The summed E-state index contributed by atoms with van der Waals surface area (Å²) in [5, 5.41) is 0. The third-order valence-corrected chi connectivity index (χ3v) is 2.92. The fourth-order valence-electron chi connectivity index (χ4n) is 2.13. The Hall–Kier alpha value is -1.38. The smallest absolute Gasteiger partial charge is 0.318 e. The van der Waals surface area contributed by atoms with Crippen LogP contribution in [0.1, 0.15) is 12.8 Å². The van der Waals surface area contributed by atoms with Crippen molar-refractivity contribution < 1.29 is 9.53 Å². The molecule has 0 spiro atoms. The van der Waals surface area contributed by atoms with Crippen molar-refractivity contribution in [2.24, 2.45) is 0 Å². The Morgan fingerprint density at radius 3 is 2.80 bits per heavy atom. The second-order valence-corrected chi connectivity index (χ2v) is 3.82.